The Morgan fingerprint density at radius 3 is 2.94 bits per heavy atom. The fourth-order valence-electron chi connectivity index (χ4n) is 1.86. The van der Waals surface area contributed by atoms with Crippen molar-refractivity contribution in [3.8, 4) is 5.75 Å². The second-order valence-electron chi connectivity index (χ2n) is 4.87. The molecule has 0 unspecified atom stereocenters. The van der Waals surface area contributed by atoms with Gasteiger partial charge in [0, 0.05) is 6.54 Å². The molecule has 1 aromatic rings. The summed E-state index contributed by atoms with van der Waals surface area (Å²) in [5, 5.41) is 2.89. The highest BCUT2D eigenvalue weighted by atomic mass is 16.5. The van der Waals surface area contributed by atoms with Crippen molar-refractivity contribution < 1.29 is 9.53 Å². The average Bonchev–Trinajstić information content (AvgIpc) is 3.14. The summed E-state index contributed by atoms with van der Waals surface area (Å²) in [7, 11) is 1.66. The van der Waals surface area contributed by atoms with Gasteiger partial charge in [0.05, 0.1) is 12.6 Å². The van der Waals surface area contributed by atoms with Gasteiger partial charge in [0.2, 0.25) is 5.91 Å². The molecule has 4 nitrogen and oxygen atoms in total. The first-order valence-electron chi connectivity index (χ1n) is 6.34. The van der Waals surface area contributed by atoms with Crippen LogP contribution in [0.3, 0.4) is 0 Å². The van der Waals surface area contributed by atoms with Crippen LogP contribution in [-0.2, 0) is 11.2 Å². The molecular formula is C14H20N2O2. The van der Waals surface area contributed by atoms with Crippen molar-refractivity contribution in [1.82, 2.24) is 5.32 Å². The fraction of sp³-hybridized carbons (Fsp3) is 0.500. The average molecular weight is 248 g/mol. The Morgan fingerprint density at radius 1 is 1.50 bits per heavy atom. The van der Waals surface area contributed by atoms with Crippen molar-refractivity contribution in [1.29, 1.82) is 0 Å². The van der Waals surface area contributed by atoms with Crippen LogP contribution in [-0.4, -0.2) is 25.1 Å². The molecule has 1 aromatic carbocycles. The number of carbonyl (C=O) groups is 1. The van der Waals surface area contributed by atoms with E-state index in [0.717, 1.165) is 31.4 Å². The number of ether oxygens (including phenoxy) is 1. The zero-order chi connectivity index (χ0) is 13.0. The monoisotopic (exact) mass is 248 g/mol. The summed E-state index contributed by atoms with van der Waals surface area (Å²) >= 11 is 0. The molecule has 0 aliphatic heterocycles. The van der Waals surface area contributed by atoms with Gasteiger partial charge >= 0.3 is 0 Å². The van der Waals surface area contributed by atoms with Crippen LogP contribution in [0.25, 0.3) is 0 Å². The number of amides is 1. The molecule has 1 amide bonds. The van der Waals surface area contributed by atoms with E-state index in [-0.39, 0.29) is 5.91 Å². The second kappa shape index (κ2) is 5.40. The summed E-state index contributed by atoms with van der Waals surface area (Å²) in [6.45, 7) is 0.676. The summed E-state index contributed by atoms with van der Waals surface area (Å²) < 4.78 is 5.17. The van der Waals surface area contributed by atoms with Crippen LogP contribution >= 0.6 is 0 Å². The lowest BCUT2D eigenvalue weighted by atomic mass is 10.1. The highest BCUT2D eigenvalue weighted by Crippen LogP contribution is 2.31. The maximum Gasteiger partial charge on any atom is 0.240 e. The number of hydrogen-bond donors (Lipinski definition) is 2. The minimum absolute atomic E-state index is 0.00635. The first-order chi connectivity index (χ1) is 8.64. The molecule has 1 fully saturated rings. The van der Waals surface area contributed by atoms with Crippen LogP contribution < -0.4 is 15.8 Å². The van der Waals surface area contributed by atoms with Crippen molar-refractivity contribution in [3.05, 3.63) is 29.8 Å². The fourth-order valence-corrected chi connectivity index (χ4v) is 1.86. The third kappa shape index (κ3) is 3.23. The van der Waals surface area contributed by atoms with E-state index < -0.39 is 5.54 Å². The van der Waals surface area contributed by atoms with Crippen LogP contribution in [0.15, 0.2) is 24.3 Å². The summed E-state index contributed by atoms with van der Waals surface area (Å²) in [4.78, 5) is 11.6. The molecule has 2 rings (SSSR count). The van der Waals surface area contributed by atoms with Crippen LogP contribution in [0, 0.1) is 0 Å². The number of hydrogen-bond acceptors (Lipinski definition) is 3. The third-order valence-corrected chi connectivity index (χ3v) is 3.30. The standard InChI is InChI=1S/C14H20N2O2/c1-18-12-6-2-4-11(10-12)5-3-9-16-13(17)14(15)7-8-14/h2,4,6,10H,3,5,7-9,15H2,1H3,(H,16,17). The minimum Gasteiger partial charge on any atom is -0.497 e. The lowest BCUT2D eigenvalue weighted by Crippen LogP contribution is -2.43. The maximum atomic E-state index is 11.6. The van der Waals surface area contributed by atoms with Gasteiger partial charge in [-0.25, -0.2) is 0 Å². The van der Waals surface area contributed by atoms with Gasteiger partial charge < -0.3 is 15.8 Å². The Labute approximate surface area is 108 Å². The molecule has 0 atom stereocenters. The molecular weight excluding hydrogens is 228 g/mol. The zero-order valence-electron chi connectivity index (χ0n) is 10.7. The zero-order valence-corrected chi connectivity index (χ0v) is 10.7. The van der Waals surface area contributed by atoms with E-state index in [2.05, 4.69) is 11.4 Å². The second-order valence-corrected chi connectivity index (χ2v) is 4.87. The van der Waals surface area contributed by atoms with E-state index in [4.69, 9.17) is 10.5 Å². The highest BCUT2D eigenvalue weighted by Gasteiger charge is 2.45. The molecule has 0 bridgehead atoms. The number of carbonyl (C=O) groups excluding carboxylic acids is 1. The van der Waals surface area contributed by atoms with Crippen molar-refractivity contribution in [3.63, 3.8) is 0 Å². The van der Waals surface area contributed by atoms with Gasteiger partial charge in [-0.05, 0) is 43.4 Å². The minimum atomic E-state index is -0.560. The van der Waals surface area contributed by atoms with Gasteiger partial charge in [0.25, 0.3) is 0 Å². The molecule has 0 aromatic heterocycles. The van der Waals surface area contributed by atoms with Gasteiger partial charge in [-0.3, -0.25) is 4.79 Å². The summed E-state index contributed by atoms with van der Waals surface area (Å²) in [6.07, 6.45) is 3.47. The molecule has 0 radical (unpaired) electrons. The van der Waals surface area contributed by atoms with Gasteiger partial charge in [0.15, 0.2) is 0 Å². The molecule has 3 N–H and O–H groups in total. The maximum absolute atomic E-state index is 11.6. The van der Waals surface area contributed by atoms with Crippen molar-refractivity contribution in [2.45, 2.75) is 31.2 Å². The summed E-state index contributed by atoms with van der Waals surface area (Å²) in [5.41, 5.74) is 6.45. The van der Waals surface area contributed by atoms with Crippen molar-refractivity contribution >= 4 is 5.91 Å². The van der Waals surface area contributed by atoms with Crippen LogP contribution in [0.5, 0.6) is 5.75 Å². The Morgan fingerprint density at radius 2 is 2.28 bits per heavy atom. The first-order valence-corrected chi connectivity index (χ1v) is 6.34. The number of benzene rings is 1. The molecule has 98 valence electrons. The predicted octanol–water partition coefficient (Wildman–Crippen LogP) is 1.24. The molecule has 1 aliphatic rings. The number of nitrogens with one attached hydrogen (secondary N) is 1. The summed E-state index contributed by atoms with van der Waals surface area (Å²) in [5.74, 6) is 0.864. The summed E-state index contributed by atoms with van der Waals surface area (Å²) in [6, 6.07) is 7.99. The van der Waals surface area contributed by atoms with Crippen LogP contribution in [0.1, 0.15) is 24.8 Å². The first kappa shape index (κ1) is 12.9. The molecule has 1 saturated carbocycles. The van der Waals surface area contributed by atoms with Crippen LogP contribution in [0.2, 0.25) is 0 Å². The lowest BCUT2D eigenvalue weighted by molar-refractivity contribution is -0.123. The third-order valence-electron chi connectivity index (χ3n) is 3.30. The lowest BCUT2D eigenvalue weighted by Gasteiger charge is -2.10. The van der Waals surface area contributed by atoms with E-state index in [9.17, 15) is 4.79 Å². The Balaban J connectivity index is 1.70. The van der Waals surface area contributed by atoms with E-state index in [1.54, 1.807) is 7.11 Å². The van der Waals surface area contributed by atoms with E-state index in [1.807, 2.05) is 18.2 Å². The van der Waals surface area contributed by atoms with Crippen molar-refractivity contribution in [2.24, 2.45) is 5.73 Å². The Kier molecular flexibility index (Phi) is 3.87. The highest BCUT2D eigenvalue weighted by molar-refractivity contribution is 5.88. The normalized spacial score (nSPS) is 16.1. The molecule has 0 saturated heterocycles. The molecule has 0 spiro atoms. The van der Waals surface area contributed by atoms with Gasteiger partial charge in [-0.2, -0.15) is 0 Å². The predicted molar refractivity (Wildman–Crippen MR) is 70.5 cm³/mol. The number of rotatable bonds is 6. The van der Waals surface area contributed by atoms with E-state index in [1.165, 1.54) is 5.56 Å². The van der Waals surface area contributed by atoms with Gasteiger partial charge in [0.1, 0.15) is 5.75 Å². The van der Waals surface area contributed by atoms with Crippen molar-refractivity contribution in [2.75, 3.05) is 13.7 Å². The smallest absolute Gasteiger partial charge is 0.240 e. The molecule has 18 heavy (non-hydrogen) atoms. The van der Waals surface area contributed by atoms with Crippen LogP contribution in [0.4, 0.5) is 0 Å². The molecule has 1 aliphatic carbocycles. The number of nitrogens with two attached hydrogens (primary N) is 1. The van der Waals surface area contributed by atoms with E-state index in [0.29, 0.717) is 6.54 Å². The molecule has 4 heteroatoms. The largest absolute Gasteiger partial charge is 0.497 e. The number of methoxy groups -OCH3 is 1. The number of aryl methyl sites for hydroxylation is 1. The molecule has 0 heterocycles. The Hall–Kier alpha value is -1.55. The van der Waals surface area contributed by atoms with E-state index >= 15 is 0 Å². The van der Waals surface area contributed by atoms with Gasteiger partial charge in [-0.15, -0.1) is 0 Å². The Bertz CT molecular complexity index is 428. The quantitative estimate of drug-likeness (QED) is 0.744. The topological polar surface area (TPSA) is 64.3 Å². The SMILES string of the molecule is COc1cccc(CCCNC(=O)C2(N)CC2)c1. The van der Waals surface area contributed by atoms with Gasteiger partial charge in [-0.1, -0.05) is 12.1 Å².